The summed E-state index contributed by atoms with van der Waals surface area (Å²) in [7, 11) is 0. The Bertz CT molecular complexity index is 1030. The number of rotatable bonds is 8. The minimum Gasteiger partial charge on any atom is -0.481 e. The van der Waals surface area contributed by atoms with E-state index in [9.17, 15) is 9.59 Å². The number of ether oxygens (including phenoxy) is 4. The molecule has 4 heterocycles. The van der Waals surface area contributed by atoms with Crippen molar-refractivity contribution in [3.05, 3.63) is 22.8 Å². The highest BCUT2D eigenvalue weighted by molar-refractivity contribution is 5.85. The first-order valence-corrected chi connectivity index (χ1v) is 15.4. The molecule has 4 rings (SSSR count). The summed E-state index contributed by atoms with van der Waals surface area (Å²) in [5, 5.41) is 33.5. The molecular weight excluding hydrogens is 668 g/mol. The Labute approximate surface area is 292 Å². The van der Waals surface area contributed by atoms with Crippen molar-refractivity contribution in [2.45, 2.75) is 140 Å². The summed E-state index contributed by atoms with van der Waals surface area (Å²) in [4.78, 5) is 59.4. The van der Waals surface area contributed by atoms with Crippen LogP contribution in [0.2, 0.25) is 0 Å². The second-order valence-electron chi connectivity index (χ2n) is 11.0. The molecule has 8 atom stereocenters. The molecule has 49 heavy (non-hydrogen) atoms. The third-order valence-corrected chi connectivity index (χ3v) is 7.06. The van der Waals surface area contributed by atoms with Crippen LogP contribution in [0.25, 0.3) is 9.69 Å². The number of hydrogen-bond acceptors (Lipinski definition) is 12. The molecule has 2 N–H and O–H groups in total. The second kappa shape index (κ2) is 32.3. The maximum Gasteiger partial charge on any atom is 0.373 e. The molecule has 0 aromatic heterocycles. The van der Waals surface area contributed by atoms with Crippen molar-refractivity contribution >= 4 is 36.6 Å². The molecule has 0 bridgehead atoms. The van der Waals surface area contributed by atoms with Crippen molar-refractivity contribution < 1.29 is 57.9 Å². The summed E-state index contributed by atoms with van der Waals surface area (Å²) >= 11 is 0. The van der Waals surface area contributed by atoms with Gasteiger partial charge in [0.05, 0.1) is 74.4 Å². The average molecular weight is 713 g/mol. The molecule has 4 aliphatic heterocycles. The van der Waals surface area contributed by atoms with Gasteiger partial charge in [-0.15, -0.1) is 12.4 Å². The first-order valence-electron chi connectivity index (χ1n) is 15.4. The van der Waals surface area contributed by atoms with E-state index < -0.39 is 11.9 Å². The highest BCUT2D eigenvalue weighted by Gasteiger charge is 2.28. The van der Waals surface area contributed by atoms with Crippen molar-refractivity contribution in [3.8, 4) is 12.1 Å². The van der Waals surface area contributed by atoms with Gasteiger partial charge in [-0.2, -0.15) is 29.7 Å². The minimum atomic E-state index is -0.765. The van der Waals surface area contributed by atoms with Gasteiger partial charge >= 0.3 is 24.2 Å². The molecule has 0 amide bonds. The Hall–Kier alpha value is -4.21. The van der Waals surface area contributed by atoms with Gasteiger partial charge in [0.25, 0.3) is 0 Å². The number of halogens is 1. The molecule has 0 aliphatic carbocycles. The van der Waals surface area contributed by atoms with Crippen LogP contribution >= 0.6 is 12.4 Å². The van der Waals surface area contributed by atoms with Gasteiger partial charge < -0.3 is 38.9 Å². The largest absolute Gasteiger partial charge is 0.481 e. The van der Waals surface area contributed by atoms with Gasteiger partial charge in [-0.1, -0.05) is 0 Å². The van der Waals surface area contributed by atoms with Gasteiger partial charge in [0, 0.05) is 0 Å². The number of nitrogens with zero attached hydrogens (tertiary/aromatic N) is 4. The summed E-state index contributed by atoms with van der Waals surface area (Å²) in [6.07, 6.45) is 10.1. The zero-order valence-corrected chi connectivity index (χ0v) is 28.5. The molecule has 0 unspecified atom stereocenters. The fraction of sp³-hybridized carbons (Fsp3) is 0.750. The van der Waals surface area contributed by atoms with Crippen LogP contribution in [0.15, 0.2) is 0 Å². The van der Waals surface area contributed by atoms with E-state index in [4.69, 9.17) is 72.0 Å². The third kappa shape index (κ3) is 28.5. The summed E-state index contributed by atoms with van der Waals surface area (Å²) in [6, 6.07) is 4.14. The number of nitriles is 2. The lowest BCUT2D eigenvalue weighted by molar-refractivity contribution is -0.193. The lowest BCUT2D eigenvalue weighted by Gasteiger charge is -2.06. The number of aliphatic carboxylic acids is 2. The Balaban J connectivity index is -0.000000542. The zero-order valence-electron chi connectivity index (χ0n) is 27.7. The molecular formula is C32H45ClN4O12. The van der Waals surface area contributed by atoms with Crippen molar-refractivity contribution in [3.63, 3.8) is 0 Å². The molecule has 4 aliphatic rings. The van der Waals surface area contributed by atoms with Gasteiger partial charge in [-0.25, -0.2) is 13.1 Å². The number of carboxylic acid groups (broad SMARTS) is 2. The molecule has 0 aromatic carbocycles. The molecule has 4 fully saturated rings. The van der Waals surface area contributed by atoms with E-state index in [1.807, 2.05) is 13.8 Å². The standard InChI is InChI=1S/2C8H10N2O.2C7H12O3.2CO2.ClH/c2*1-10-6-8-3-2-7(11-8)4-5-9;2*1-5-2-3-6(10-5)4-7(8)9;2*2-1-3;/h2*7-8H,2-4,6H2;2*5-6H,2-4H2,1H3,(H,8,9);;;1H/t7-,8+;7-,8-;5-,6+;5-,6-;;;/m1011.../s1. The quantitative estimate of drug-likeness (QED) is 0.338. The zero-order chi connectivity index (χ0) is 36.7. The fourth-order valence-corrected chi connectivity index (χ4v) is 5.00. The predicted molar refractivity (Wildman–Crippen MR) is 168 cm³/mol. The van der Waals surface area contributed by atoms with E-state index in [0.717, 1.165) is 51.4 Å². The van der Waals surface area contributed by atoms with E-state index in [0.29, 0.717) is 25.9 Å². The van der Waals surface area contributed by atoms with Crippen molar-refractivity contribution in [1.82, 2.24) is 0 Å². The Morgan fingerprint density at radius 1 is 0.612 bits per heavy atom. The van der Waals surface area contributed by atoms with E-state index in [1.54, 1.807) is 0 Å². The Morgan fingerprint density at radius 3 is 1.12 bits per heavy atom. The first kappa shape index (κ1) is 49.2. The van der Waals surface area contributed by atoms with Gasteiger partial charge in [0.2, 0.25) is 13.1 Å². The average Bonchev–Trinajstić information content (AvgIpc) is 3.82. The molecule has 0 aromatic rings. The van der Waals surface area contributed by atoms with Crippen LogP contribution in [0.4, 0.5) is 0 Å². The Morgan fingerprint density at radius 2 is 0.898 bits per heavy atom. The maximum absolute atomic E-state index is 10.2. The van der Waals surface area contributed by atoms with Crippen LogP contribution in [0.5, 0.6) is 0 Å². The molecule has 4 saturated heterocycles. The highest BCUT2D eigenvalue weighted by Crippen LogP contribution is 2.23. The number of hydrogen-bond donors (Lipinski definition) is 2. The van der Waals surface area contributed by atoms with Gasteiger partial charge in [-0.3, -0.25) is 9.59 Å². The van der Waals surface area contributed by atoms with E-state index in [-0.39, 0.29) is 86.4 Å². The van der Waals surface area contributed by atoms with Gasteiger partial charge in [0.15, 0.2) is 0 Å². The van der Waals surface area contributed by atoms with Gasteiger partial charge in [-0.05, 0) is 65.2 Å². The second-order valence-corrected chi connectivity index (χ2v) is 11.0. The molecule has 0 saturated carbocycles. The van der Waals surface area contributed by atoms with Crippen molar-refractivity contribution in [2.24, 2.45) is 0 Å². The summed E-state index contributed by atoms with van der Waals surface area (Å²) < 4.78 is 21.4. The molecule has 16 nitrogen and oxygen atoms in total. The minimum absolute atomic E-state index is 0. The first-order chi connectivity index (χ1) is 22.9. The third-order valence-electron chi connectivity index (χ3n) is 7.06. The predicted octanol–water partition coefficient (Wildman–Crippen LogP) is 4.05. The summed E-state index contributed by atoms with van der Waals surface area (Å²) in [6.45, 7) is 18.1. The normalized spacial score (nSPS) is 26.7. The van der Waals surface area contributed by atoms with Crippen LogP contribution in [0.3, 0.4) is 0 Å². The monoisotopic (exact) mass is 712 g/mol. The fourth-order valence-electron chi connectivity index (χ4n) is 5.00. The molecule has 0 radical (unpaired) electrons. The number of carboxylic acids is 2. The topological polar surface area (TPSA) is 236 Å². The molecule has 17 heteroatoms. The maximum atomic E-state index is 10.2. The van der Waals surface area contributed by atoms with Crippen molar-refractivity contribution in [2.75, 3.05) is 13.1 Å². The van der Waals surface area contributed by atoms with E-state index >= 15 is 0 Å². The smallest absolute Gasteiger partial charge is 0.373 e. The van der Waals surface area contributed by atoms with Crippen LogP contribution in [-0.2, 0) is 47.7 Å². The lowest BCUT2D eigenvalue weighted by Crippen LogP contribution is -2.13. The van der Waals surface area contributed by atoms with Gasteiger partial charge in [0.1, 0.15) is 12.2 Å². The van der Waals surface area contributed by atoms with Crippen molar-refractivity contribution in [1.29, 1.82) is 10.5 Å². The van der Waals surface area contributed by atoms with E-state index in [1.165, 1.54) is 0 Å². The highest BCUT2D eigenvalue weighted by atomic mass is 35.5. The van der Waals surface area contributed by atoms with E-state index in [2.05, 4.69) is 21.8 Å². The van der Waals surface area contributed by atoms with Crippen LogP contribution in [0.1, 0.15) is 90.9 Å². The SMILES string of the molecule is C[C@@H]1CC[C@@H](CC(=O)O)O1.C[C@@H]1CC[C@H](CC(=O)O)O1.Cl.O=C=O.O=C=O.[C-]#[N+]C[C@@H]1CC[C@@H](CC#N)O1.[C-]#[N+]C[C@@H]1CC[C@H](CC#N)O1. The number of carbonyl (C=O) groups excluding carboxylic acids is 4. The molecule has 0 spiro atoms. The van der Waals surface area contributed by atoms with Crippen LogP contribution in [-0.4, -0.2) is 96.4 Å². The van der Waals surface area contributed by atoms with Crippen LogP contribution < -0.4 is 0 Å². The molecule has 272 valence electrons. The van der Waals surface area contributed by atoms with Crippen LogP contribution in [0, 0.1) is 35.8 Å². The Kier molecular flexibility index (Phi) is 32.5. The lowest BCUT2D eigenvalue weighted by atomic mass is 10.1. The number of carbonyl (C=O) groups is 2. The summed E-state index contributed by atoms with van der Waals surface area (Å²) in [5.74, 6) is -1.53. The summed E-state index contributed by atoms with van der Waals surface area (Å²) in [5.41, 5.74) is 0.